The minimum atomic E-state index is 1.15. The van der Waals surface area contributed by atoms with E-state index in [2.05, 4.69) is 31.2 Å². The standard InChI is InChI=1S/C8H9.Sn/c1-2-8-6-4-3-5-7-8;/h4-7H,2H2,1H3;. The van der Waals surface area contributed by atoms with E-state index in [0.717, 1.165) is 6.42 Å². The van der Waals surface area contributed by atoms with Crippen molar-refractivity contribution in [3.05, 3.63) is 29.8 Å². The van der Waals surface area contributed by atoms with E-state index in [1.165, 1.54) is 31.7 Å². The van der Waals surface area contributed by atoms with Crippen LogP contribution in [0.1, 0.15) is 12.5 Å². The van der Waals surface area contributed by atoms with Crippen LogP contribution < -0.4 is 3.58 Å². The summed E-state index contributed by atoms with van der Waals surface area (Å²) < 4.78 is 1.43. The SMILES string of the molecule is CCc1cc[c]([Sn])cc1. The Hall–Kier alpha value is 0.0187. The first-order chi connectivity index (χ1) is 4.33. The second kappa shape index (κ2) is 3.25. The van der Waals surface area contributed by atoms with Crippen molar-refractivity contribution in [2.75, 3.05) is 0 Å². The van der Waals surface area contributed by atoms with Crippen molar-refractivity contribution in [3.63, 3.8) is 0 Å². The topological polar surface area (TPSA) is 0 Å². The fourth-order valence-electron chi connectivity index (χ4n) is 0.740. The van der Waals surface area contributed by atoms with Gasteiger partial charge in [0, 0.05) is 0 Å². The Morgan fingerprint density at radius 3 is 2.22 bits per heavy atom. The molecule has 0 amide bonds. The first-order valence-corrected chi connectivity index (χ1v) is 4.56. The summed E-state index contributed by atoms with van der Waals surface area (Å²) in [6.07, 6.45) is 1.15. The van der Waals surface area contributed by atoms with Gasteiger partial charge in [-0.25, -0.2) is 0 Å². The van der Waals surface area contributed by atoms with E-state index in [4.69, 9.17) is 0 Å². The van der Waals surface area contributed by atoms with Crippen LogP contribution in [0.5, 0.6) is 0 Å². The molecule has 0 aliphatic carbocycles. The van der Waals surface area contributed by atoms with E-state index >= 15 is 0 Å². The molecule has 0 bridgehead atoms. The van der Waals surface area contributed by atoms with Crippen LogP contribution in [0.2, 0.25) is 0 Å². The van der Waals surface area contributed by atoms with E-state index in [9.17, 15) is 0 Å². The summed E-state index contributed by atoms with van der Waals surface area (Å²) in [6.45, 7) is 2.18. The van der Waals surface area contributed by atoms with Gasteiger partial charge in [-0.1, -0.05) is 0 Å². The third-order valence-corrected chi connectivity index (χ3v) is 2.31. The maximum absolute atomic E-state index is 2.20. The van der Waals surface area contributed by atoms with Crippen molar-refractivity contribution < 1.29 is 0 Å². The molecule has 0 aliphatic heterocycles. The van der Waals surface area contributed by atoms with E-state index in [-0.39, 0.29) is 0 Å². The second-order valence-corrected chi connectivity index (χ2v) is 3.70. The second-order valence-electron chi connectivity index (χ2n) is 2.05. The Kier molecular flexibility index (Phi) is 2.58. The van der Waals surface area contributed by atoms with E-state index < -0.39 is 0 Å². The van der Waals surface area contributed by atoms with Gasteiger partial charge in [-0.2, -0.15) is 0 Å². The fraction of sp³-hybridized carbons (Fsp3) is 0.250. The van der Waals surface area contributed by atoms with Crippen molar-refractivity contribution in [2.24, 2.45) is 0 Å². The predicted molar refractivity (Wildman–Crippen MR) is 41.2 cm³/mol. The molecule has 9 heavy (non-hydrogen) atoms. The fourth-order valence-corrected chi connectivity index (χ4v) is 1.22. The van der Waals surface area contributed by atoms with Crippen molar-refractivity contribution in [3.8, 4) is 0 Å². The van der Waals surface area contributed by atoms with E-state index in [1.54, 1.807) is 0 Å². The van der Waals surface area contributed by atoms with Crippen LogP contribution in [0.3, 0.4) is 0 Å². The average molecular weight is 224 g/mol. The molecule has 1 aromatic carbocycles. The molecule has 0 spiro atoms. The van der Waals surface area contributed by atoms with Crippen molar-refractivity contribution in [1.82, 2.24) is 0 Å². The molecule has 0 heterocycles. The Bertz CT molecular complexity index is 176. The molecular weight excluding hydrogens is 215 g/mol. The van der Waals surface area contributed by atoms with Crippen molar-refractivity contribution in [2.45, 2.75) is 13.3 Å². The van der Waals surface area contributed by atoms with E-state index in [1.807, 2.05) is 0 Å². The molecular formula is C8H9Sn. The van der Waals surface area contributed by atoms with Crippen LogP contribution in [0.25, 0.3) is 0 Å². The van der Waals surface area contributed by atoms with Gasteiger partial charge in [0.25, 0.3) is 0 Å². The van der Waals surface area contributed by atoms with Crippen LogP contribution in [0, 0.1) is 0 Å². The molecule has 1 heteroatoms. The van der Waals surface area contributed by atoms with Crippen molar-refractivity contribution >= 4 is 26.1 Å². The normalized spacial score (nSPS) is 9.56. The molecule has 3 radical (unpaired) electrons. The zero-order valence-electron chi connectivity index (χ0n) is 5.52. The average Bonchev–Trinajstić information content (AvgIpc) is 1.90. The number of hydrogen-bond donors (Lipinski definition) is 0. The molecule has 1 rings (SSSR count). The monoisotopic (exact) mass is 225 g/mol. The van der Waals surface area contributed by atoms with E-state index in [0.29, 0.717) is 0 Å². The first-order valence-electron chi connectivity index (χ1n) is 3.13. The Morgan fingerprint density at radius 1 is 1.22 bits per heavy atom. The van der Waals surface area contributed by atoms with Crippen LogP contribution in [0.4, 0.5) is 0 Å². The Balaban J connectivity index is 2.88. The summed E-state index contributed by atoms with van der Waals surface area (Å²) in [4.78, 5) is 0. The van der Waals surface area contributed by atoms with Crippen LogP contribution in [0.15, 0.2) is 24.3 Å². The molecule has 0 N–H and O–H groups in total. The van der Waals surface area contributed by atoms with Crippen LogP contribution in [-0.4, -0.2) is 22.5 Å². The molecule has 0 saturated carbocycles. The summed E-state index contributed by atoms with van der Waals surface area (Å²) in [6, 6.07) is 8.78. The van der Waals surface area contributed by atoms with Gasteiger partial charge in [0.05, 0.1) is 0 Å². The summed E-state index contributed by atoms with van der Waals surface area (Å²) in [5, 5.41) is 0. The quantitative estimate of drug-likeness (QED) is 0.625. The summed E-state index contributed by atoms with van der Waals surface area (Å²) in [5.41, 5.74) is 1.43. The maximum atomic E-state index is 2.20. The molecule has 0 saturated heterocycles. The molecule has 0 nitrogen and oxygen atoms in total. The minimum absolute atomic E-state index is 1.15. The van der Waals surface area contributed by atoms with Gasteiger partial charge >= 0.3 is 69.3 Å². The summed E-state index contributed by atoms with van der Waals surface area (Å²) >= 11 is 1.50. The Labute approximate surface area is 69.4 Å². The van der Waals surface area contributed by atoms with Gasteiger partial charge in [0.2, 0.25) is 0 Å². The molecule has 1 aromatic rings. The molecule has 0 aromatic heterocycles. The van der Waals surface area contributed by atoms with Gasteiger partial charge < -0.3 is 0 Å². The zero-order chi connectivity index (χ0) is 6.69. The van der Waals surface area contributed by atoms with Gasteiger partial charge in [-0.3, -0.25) is 0 Å². The van der Waals surface area contributed by atoms with Gasteiger partial charge in [0.15, 0.2) is 0 Å². The van der Waals surface area contributed by atoms with Gasteiger partial charge in [0.1, 0.15) is 0 Å². The number of rotatable bonds is 1. The predicted octanol–water partition coefficient (Wildman–Crippen LogP) is 1.04. The first kappa shape index (κ1) is 7.13. The van der Waals surface area contributed by atoms with Gasteiger partial charge in [-0.05, 0) is 0 Å². The molecule has 0 atom stereocenters. The third-order valence-electron chi connectivity index (χ3n) is 1.36. The molecule has 45 valence electrons. The van der Waals surface area contributed by atoms with Crippen LogP contribution >= 0.6 is 0 Å². The molecule has 0 fully saturated rings. The number of aryl methyl sites for hydroxylation is 1. The zero-order valence-corrected chi connectivity index (χ0v) is 8.37. The number of benzene rings is 1. The van der Waals surface area contributed by atoms with Crippen molar-refractivity contribution in [1.29, 1.82) is 0 Å². The summed E-state index contributed by atoms with van der Waals surface area (Å²) in [5.74, 6) is 0. The van der Waals surface area contributed by atoms with Gasteiger partial charge in [-0.15, -0.1) is 0 Å². The Morgan fingerprint density at radius 2 is 1.78 bits per heavy atom. The van der Waals surface area contributed by atoms with Crippen LogP contribution in [-0.2, 0) is 6.42 Å². The molecule has 0 aliphatic rings. The third kappa shape index (κ3) is 2.01. The number of hydrogen-bond acceptors (Lipinski definition) is 0. The molecule has 0 unspecified atom stereocenters. The summed E-state index contributed by atoms with van der Waals surface area (Å²) in [7, 11) is 0.